The standard InChI is InChI=1S/C7H15F2NO2/c1-7(12,6(8)9)3-5(11)4-10-2/h5-6,10-12H,3-4H2,1-2H3/t5-,7+/m0/s1. The predicted octanol–water partition coefficient (Wildman–Crippen LogP) is -0.0271. The number of hydrogen-bond donors (Lipinski definition) is 3. The molecule has 0 unspecified atom stereocenters. The first-order chi connectivity index (χ1) is 5.40. The van der Waals surface area contributed by atoms with E-state index in [1.54, 1.807) is 7.05 Å². The Morgan fingerprint density at radius 3 is 2.33 bits per heavy atom. The lowest BCUT2D eigenvalue weighted by Crippen LogP contribution is -2.40. The first-order valence-electron chi connectivity index (χ1n) is 3.73. The molecule has 0 spiro atoms. The van der Waals surface area contributed by atoms with E-state index in [-0.39, 0.29) is 13.0 Å². The molecule has 0 aromatic heterocycles. The molecule has 0 saturated carbocycles. The molecular formula is C7H15F2NO2. The van der Waals surface area contributed by atoms with Gasteiger partial charge in [0.25, 0.3) is 6.43 Å². The van der Waals surface area contributed by atoms with Crippen molar-refractivity contribution in [3.8, 4) is 0 Å². The summed E-state index contributed by atoms with van der Waals surface area (Å²) in [6, 6.07) is 0. The van der Waals surface area contributed by atoms with Crippen LogP contribution in [-0.4, -0.2) is 41.9 Å². The van der Waals surface area contributed by atoms with E-state index < -0.39 is 18.1 Å². The van der Waals surface area contributed by atoms with Gasteiger partial charge in [-0.05, 0) is 14.0 Å². The molecule has 74 valence electrons. The molecule has 0 amide bonds. The molecule has 2 atom stereocenters. The molecule has 0 heterocycles. The van der Waals surface area contributed by atoms with Crippen molar-refractivity contribution < 1.29 is 19.0 Å². The van der Waals surface area contributed by atoms with Gasteiger partial charge in [0.15, 0.2) is 0 Å². The second-order valence-corrected chi connectivity index (χ2v) is 3.07. The fourth-order valence-corrected chi connectivity index (χ4v) is 0.874. The third-order valence-electron chi connectivity index (χ3n) is 1.56. The number of aliphatic hydroxyl groups is 2. The Labute approximate surface area is 70.4 Å². The summed E-state index contributed by atoms with van der Waals surface area (Å²) in [5, 5.41) is 20.8. The molecule has 0 bridgehead atoms. The first kappa shape index (κ1) is 11.7. The van der Waals surface area contributed by atoms with Crippen LogP contribution in [0.3, 0.4) is 0 Å². The molecular weight excluding hydrogens is 168 g/mol. The van der Waals surface area contributed by atoms with E-state index in [4.69, 9.17) is 10.2 Å². The van der Waals surface area contributed by atoms with Crippen molar-refractivity contribution in [3.05, 3.63) is 0 Å². The van der Waals surface area contributed by atoms with E-state index in [2.05, 4.69) is 5.32 Å². The Bertz CT molecular complexity index is 131. The normalized spacial score (nSPS) is 19.2. The number of nitrogens with one attached hydrogen (secondary N) is 1. The maximum Gasteiger partial charge on any atom is 0.266 e. The van der Waals surface area contributed by atoms with Crippen molar-refractivity contribution in [1.82, 2.24) is 5.32 Å². The van der Waals surface area contributed by atoms with Crippen LogP contribution in [0.1, 0.15) is 13.3 Å². The highest BCUT2D eigenvalue weighted by atomic mass is 19.3. The Kier molecular flexibility index (Phi) is 4.59. The van der Waals surface area contributed by atoms with Gasteiger partial charge in [-0.2, -0.15) is 0 Å². The lowest BCUT2D eigenvalue weighted by atomic mass is 9.99. The minimum absolute atomic E-state index is 0.197. The van der Waals surface area contributed by atoms with Crippen molar-refractivity contribution in [2.45, 2.75) is 31.5 Å². The van der Waals surface area contributed by atoms with Gasteiger partial charge >= 0.3 is 0 Å². The van der Waals surface area contributed by atoms with Crippen molar-refractivity contribution >= 4 is 0 Å². The van der Waals surface area contributed by atoms with Crippen LogP contribution in [-0.2, 0) is 0 Å². The summed E-state index contributed by atoms with van der Waals surface area (Å²) in [4.78, 5) is 0. The van der Waals surface area contributed by atoms with Crippen molar-refractivity contribution in [2.75, 3.05) is 13.6 Å². The molecule has 0 aromatic carbocycles. The van der Waals surface area contributed by atoms with E-state index in [1.165, 1.54) is 0 Å². The fraction of sp³-hybridized carbons (Fsp3) is 1.00. The van der Waals surface area contributed by atoms with Crippen LogP contribution in [0.4, 0.5) is 8.78 Å². The topological polar surface area (TPSA) is 52.5 Å². The molecule has 0 aliphatic carbocycles. The predicted molar refractivity (Wildman–Crippen MR) is 41.2 cm³/mol. The lowest BCUT2D eigenvalue weighted by Gasteiger charge is -2.24. The Morgan fingerprint density at radius 2 is 2.00 bits per heavy atom. The van der Waals surface area contributed by atoms with E-state index in [0.29, 0.717) is 0 Å². The maximum atomic E-state index is 12.0. The Balaban J connectivity index is 3.88. The molecule has 0 radical (unpaired) electrons. The summed E-state index contributed by atoms with van der Waals surface area (Å²) >= 11 is 0. The third kappa shape index (κ3) is 3.94. The van der Waals surface area contributed by atoms with Crippen LogP contribution in [0, 0.1) is 0 Å². The number of alkyl halides is 2. The van der Waals surface area contributed by atoms with Gasteiger partial charge in [0.05, 0.1) is 6.10 Å². The van der Waals surface area contributed by atoms with Crippen LogP contribution in [0.15, 0.2) is 0 Å². The van der Waals surface area contributed by atoms with Crippen LogP contribution < -0.4 is 5.32 Å². The van der Waals surface area contributed by atoms with Crippen LogP contribution in [0.2, 0.25) is 0 Å². The number of hydrogen-bond acceptors (Lipinski definition) is 3. The quantitative estimate of drug-likeness (QED) is 0.561. The van der Waals surface area contributed by atoms with Gasteiger partial charge in [0, 0.05) is 13.0 Å². The molecule has 3 N–H and O–H groups in total. The first-order valence-corrected chi connectivity index (χ1v) is 3.73. The highest BCUT2D eigenvalue weighted by Gasteiger charge is 2.34. The Hall–Kier alpha value is -0.260. The van der Waals surface area contributed by atoms with E-state index in [0.717, 1.165) is 6.92 Å². The van der Waals surface area contributed by atoms with Gasteiger partial charge in [-0.3, -0.25) is 0 Å². The molecule has 12 heavy (non-hydrogen) atoms. The molecule has 0 aromatic rings. The molecule has 0 fully saturated rings. The largest absolute Gasteiger partial charge is 0.392 e. The average Bonchev–Trinajstić information content (AvgIpc) is 1.85. The molecule has 0 aliphatic rings. The smallest absolute Gasteiger partial charge is 0.266 e. The van der Waals surface area contributed by atoms with Gasteiger partial charge < -0.3 is 15.5 Å². The Morgan fingerprint density at radius 1 is 1.50 bits per heavy atom. The molecule has 0 rings (SSSR count). The fourth-order valence-electron chi connectivity index (χ4n) is 0.874. The summed E-state index contributed by atoms with van der Waals surface area (Å²) in [5.41, 5.74) is -2.10. The summed E-state index contributed by atoms with van der Waals surface area (Å²) in [5.74, 6) is 0. The van der Waals surface area contributed by atoms with Crippen molar-refractivity contribution in [2.24, 2.45) is 0 Å². The minimum Gasteiger partial charge on any atom is -0.392 e. The number of rotatable bonds is 5. The van der Waals surface area contributed by atoms with E-state index >= 15 is 0 Å². The van der Waals surface area contributed by atoms with Crippen LogP contribution in [0.5, 0.6) is 0 Å². The molecule has 3 nitrogen and oxygen atoms in total. The van der Waals surface area contributed by atoms with Crippen LogP contribution in [0.25, 0.3) is 0 Å². The zero-order chi connectivity index (χ0) is 9.78. The minimum atomic E-state index is -2.83. The third-order valence-corrected chi connectivity index (χ3v) is 1.56. The summed E-state index contributed by atoms with van der Waals surface area (Å²) in [7, 11) is 1.60. The van der Waals surface area contributed by atoms with Gasteiger partial charge in [0.1, 0.15) is 5.60 Å². The highest BCUT2D eigenvalue weighted by molar-refractivity contribution is 4.79. The van der Waals surface area contributed by atoms with Gasteiger partial charge in [-0.15, -0.1) is 0 Å². The van der Waals surface area contributed by atoms with Crippen LogP contribution >= 0.6 is 0 Å². The van der Waals surface area contributed by atoms with Crippen molar-refractivity contribution in [3.63, 3.8) is 0 Å². The second-order valence-electron chi connectivity index (χ2n) is 3.07. The monoisotopic (exact) mass is 183 g/mol. The summed E-state index contributed by atoms with van der Waals surface area (Å²) in [6.45, 7) is 1.21. The van der Waals surface area contributed by atoms with Gasteiger partial charge in [-0.25, -0.2) is 8.78 Å². The average molecular weight is 183 g/mol. The number of halogens is 2. The molecule has 5 heteroatoms. The SMILES string of the molecule is CNC[C@@H](O)C[C@@](C)(O)C(F)F. The van der Waals surface area contributed by atoms with Gasteiger partial charge in [0.2, 0.25) is 0 Å². The van der Waals surface area contributed by atoms with E-state index in [9.17, 15) is 8.78 Å². The van der Waals surface area contributed by atoms with Gasteiger partial charge in [-0.1, -0.05) is 0 Å². The highest BCUT2D eigenvalue weighted by Crippen LogP contribution is 2.20. The number of aliphatic hydroxyl groups excluding tert-OH is 1. The summed E-state index contributed by atoms with van der Waals surface area (Å²) < 4.78 is 24.1. The molecule has 0 saturated heterocycles. The summed E-state index contributed by atoms with van der Waals surface area (Å²) in [6.07, 6.45) is -4.10. The maximum absolute atomic E-state index is 12.0. The lowest BCUT2D eigenvalue weighted by molar-refractivity contribution is -0.105. The second kappa shape index (κ2) is 4.69. The van der Waals surface area contributed by atoms with E-state index in [1.807, 2.05) is 0 Å². The number of likely N-dealkylation sites (N-methyl/N-ethyl adjacent to an activating group) is 1. The zero-order valence-electron chi connectivity index (χ0n) is 7.22. The zero-order valence-corrected chi connectivity index (χ0v) is 7.22. The van der Waals surface area contributed by atoms with Crippen molar-refractivity contribution in [1.29, 1.82) is 0 Å². The molecule has 0 aliphatic heterocycles.